The number of hydrogen-bond acceptors (Lipinski definition) is 3. The first-order valence-electron chi connectivity index (χ1n) is 6.94. The molecular formula is C17H18BrN3. The van der Waals surface area contributed by atoms with Crippen LogP contribution in [0.15, 0.2) is 58.0 Å². The van der Waals surface area contributed by atoms with E-state index in [4.69, 9.17) is 5.73 Å². The van der Waals surface area contributed by atoms with Crippen molar-refractivity contribution in [1.29, 1.82) is 0 Å². The molecule has 1 aliphatic heterocycles. The van der Waals surface area contributed by atoms with Gasteiger partial charge in [-0.1, -0.05) is 46.3 Å². The van der Waals surface area contributed by atoms with E-state index in [9.17, 15) is 0 Å². The Balaban J connectivity index is 2.10. The minimum absolute atomic E-state index is 0.253. The van der Waals surface area contributed by atoms with Gasteiger partial charge in [0.1, 0.15) is 0 Å². The summed E-state index contributed by atoms with van der Waals surface area (Å²) in [5.41, 5.74) is 9.45. The zero-order valence-corrected chi connectivity index (χ0v) is 13.8. The first-order chi connectivity index (χ1) is 10.0. The molecule has 0 aromatic heterocycles. The van der Waals surface area contributed by atoms with Gasteiger partial charge in [0, 0.05) is 10.2 Å². The highest BCUT2D eigenvalue weighted by atomic mass is 79.9. The molecule has 4 heteroatoms. The van der Waals surface area contributed by atoms with Gasteiger partial charge in [0.25, 0.3) is 0 Å². The van der Waals surface area contributed by atoms with E-state index in [0.29, 0.717) is 12.5 Å². The monoisotopic (exact) mass is 343 g/mol. The first kappa shape index (κ1) is 14.1. The largest absolute Gasteiger partial charge is 0.369 e. The summed E-state index contributed by atoms with van der Waals surface area (Å²) in [5.74, 6) is 0.578. The zero-order valence-electron chi connectivity index (χ0n) is 12.2. The Morgan fingerprint density at radius 1 is 1.14 bits per heavy atom. The molecule has 1 atom stereocenters. The molecule has 0 radical (unpaired) electrons. The molecule has 0 saturated heterocycles. The van der Waals surface area contributed by atoms with Crippen molar-refractivity contribution in [3.8, 4) is 0 Å². The summed E-state index contributed by atoms with van der Waals surface area (Å²) in [6.07, 6.45) is 0. The van der Waals surface area contributed by atoms with E-state index >= 15 is 0 Å². The fraction of sp³-hybridized carbons (Fsp3) is 0.235. The summed E-state index contributed by atoms with van der Waals surface area (Å²) in [4.78, 5) is 6.64. The van der Waals surface area contributed by atoms with Gasteiger partial charge in [-0.25, -0.2) is 0 Å². The molecule has 1 aliphatic rings. The molecule has 3 rings (SSSR count). The van der Waals surface area contributed by atoms with Crippen molar-refractivity contribution in [2.24, 2.45) is 10.7 Å². The van der Waals surface area contributed by atoms with Gasteiger partial charge in [0.15, 0.2) is 5.96 Å². The number of aryl methyl sites for hydroxylation is 1. The highest BCUT2D eigenvalue weighted by molar-refractivity contribution is 9.10. The lowest BCUT2D eigenvalue weighted by Crippen LogP contribution is -2.48. The van der Waals surface area contributed by atoms with Crippen LogP contribution < -0.4 is 10.6 Å². The minimum Gasteiger partial charge on any atom is -0.369 e. The summed E-state index contributed by atoms with van der Waals surface area (Å²) < 4.78 is 1.07. The number of para-hydroxylation sites is 1. The van der Waals surface area contributed by atoms with Crippen LogP contribution in [0.3, 0.4) is 0 Å². The van der Waals surface area contributed by atoms with Crippen LogP contribution in [0.2, 0.25) is 0 Å². The van der Waals surface area contributed by atoms with E-state index in [-0.39, 0.29) is 5.54 Å². The second-order valence-electron chi connectivity index (χ2n) is 5.58. The average Bonchev–Trinajstić information content (AvgIpc) is 2.77. The van der Waals surface area contributed by atoms with Crippen LogP contribution in [0.25, 0.3) is 0 Å². The molecule has 2 N–H and O–H groups in total. The SMILES string of the molecule is Cc1ccccc1N1C(N)=NCC1(C)c1ccc(Br)cc1. The predicted molar refractivity (Wildman–Crippen MR) is 91.6 cm³/mol. The third kappa shape index (κ3) is 2.33. The maximum Gasteiger partial charge on any atom is 0.196 e. The van der Waals surface area contributed by atoms with Gasteiger partial charge in [-0.2, -0.15) is 0 Å². The molecule has 0 saturated carbocycles. The average molecular weight is 344 g/mol. The Bertz CT molecular complexity index is 693. The summed E-state index contributed by atoms with van der Waals surface area (Å²) >= 11 is 3.49. The lowest BCUT2D eigenvalue weighted by molar-refractivity contribution is 0.532. The van der Waals surface area contributed by atoms with Gasteiger partial charge >= 0.3 is 0 Å². The van der Waals surface area contributed by atoms with Crippen LogP contribution in [-0.2, 0) is 5.54 Å². The van der Waals surface area contributed by atoms with E-state index in [1.807, 2.05) is 12.1 Å². The lowest BCUT2D eigenvalue weighted by atomic mass is 9.90. The standard InChI is InChI=1S/C17H18BrN3/c1-12-5-3-4-6-15(12)21-16(19)20-11-17(21,2)13-7-9-14(18)10-8-13/h3-10H,11H2,1-2H3,(H2,19,20). The Morgan fingerprint density at radius 3 is 2.48 bits per heavy atom. The zero-order chi connectivity index (χ0) is 15.0. The predicted octanol–water partition coefficient (Wildman–Crippen LogP) is 3.81. The van der Waals surface area contributed by atoms with E-state index < -0.39 is 0 Å². The van der Waals surface area contributed by atoms with E-state index in [2.05, 4.69) is 76.1 Å². The number of nitrogens with zero attached hydrogens (tertiary/aromatic N) is 2. The third-order valence-electron chi connectivity index (χ3n) is 4.09. The molecule has 2 aromatic carbocycles. The normalized spacial score (nSPS) is 21.5. The Labute approximate surface area is 133 Å². The smallest absolute Gasteiger partial charge is 0.196 e. The van der Waals surface area contributed by atoms with Crippen molar-refractivity contribution in [3.05, 3.63) is 64.1 Å². The molecule has 1 unspecified atom stereocenters. The third-order valence-corrected chi connectivity index (χ3v) is 4.62. The summed E-state index contributed by atoms with van der Waals surface area (Å²) in [6.45, 7) is 4.95. The Hall–Kier alpha value is -1.81. The molecule has 108 valence electrons. The minimum atomic E-state index is -0.253. The van der Waals surface area contributed by atoms with E-state index in [0.717, 1.165) is 10.2 Å². The first-order valence-corrected chi connectivity index (χ1v) is 7.73. The summed E-state index contributed by atoms with van der Waals surface area (Å²) in [6, 6.07) is 16.7. The highest BCUT2D eigenvalue weighted by Gasteiger charge is 2.40. The van der Waals surface area contributed by atoms with E-state index in [1.54, 1.807) is 0 Å². The fourth-order valence-corrected chi connectivity index (χ4v) is 3.13. The lowest BCUT2D eigenvalue weighted by Gasteiger charge is -2.37. The van der Waals surface area contributed by atoms with Crippen molar-refractivity contribution in [3.63, 3.8) is 0 Å². The van der Waals surface area contributed by atoms with Crippen LogP contribution in [0.1, 0.15) is 18.1 Å². The van der Waals surface area contributed by atoms with Gasteiger partial charge < -0.3 is 10.6 Å². The van der Waals surface area contributed by atoms with Crippen LogP contribution in [0.5, 0.6) is 0 Å². The maximum absolute atomic E-state index is 6.19. The van der Waals surface area contributed by atoms with Crippen LogP contribution in [-0.4, -0.2) is 12.5 Å². The van der Waals surface area contributed by atoms with Gasteiger partial charge in [-0.3, -0.25) is 4.99 Å². The second kappa shape index (κ2) is 5.19. The number of rotatable bonds is 2. The topological polar surface area (TPSA) is 41.6 Å². The van der Waals surface area contributed by atoms with Crippen LogP contribution in [0, 0.1) is 6.92 Å². The fourth-order valence-electron chi connectivity index (χ4n) is 2.86. The molecule has 1 heterocycles. The quantitative estimate of drug-likeness (QED) is 0.900. The second-order valence-corrected chi connectivity index (χ2v) is 6.49. The molecule has 3 nitrogen and oxygen atoms in total. The Kier molecular flexibility index (Phi) is 3.49. The highest BCUT2D eigenvalue weighted by Crippen LogP contribution is 2.38. The Morgan fingerprint density at radius 2 is 1.81 bits per heavy atom. The van der Waals surface area contributed by atoms with Crippen molar-refractivity contribution in [1.82, 2.24) is 0 Å². The number of nitrogens with two attached hydrogens (primary N) is 1. The number of aliphatic imine (C=N–C) groups is 1. The van der Waals surface area contributed by atoms with Crippen LogP contribution in [0.4, 0.5) is 5.69 Å². The van der Waals surface area contributed by atoms with Crippen molar-refractivity contribution in [2.75, 3.05) is 11.4 Å². The van der Waals surface area contributed by atoms with Crippen molar-refractivity contribution in [2.45, 2.75) is 19.4 Å². The van der Waals surface area contributed by atoms with Gasteiger partial charge in [0.05, 0.1) is 12.1 Å². The number of guanidine groups is 1. The number of benzene rings is 2. The van der Waals surface area contributed by atoms with E-state index in [1.165, 1.54) is 11.1 Å². The maximum atomic E-state index is 6.19. The van der Waals surface area contributed by atoms with Gasteiger partial charge in [0.2, 0.25) is 0 Å². The summed E-state index contributed by atoms with van der Waals surface area (Å²) in [5, 5.41) is 0. The molecule has 21 heavy (non-hydrogen) atoms. The molecule has 2 aromatic rings. The molecule has 0 aliphatic carbocycles. The number of anilines is 1. The van der Waals surface area contributed by atoms with Crippen molar-refractivity contribution < 1.29 is 0 Å². The summed E-state index contributed by atoms with van der Waals surface area (Å²) in [7, 11) is 0. The van der Waals surface area contributed by atoms with Gasteiger partial charge in [-0.15, -0.1) is 0 Å². The molecule has 0 bridgehead atoms. The van der Waals surface area contributed by atoms with Gasteiger partial charge in [-0.05, 0) is 43.2 Å². The molecule has 0 spiro atoms. The molecule has 0 amide bonds. The number of halogens is 1. The number of hydrogen-bond donors (Lipinski definition) is 1. The molecule has 0 fully saturated rings. The molecular weight excluding hydrogens is 326 g/mol. The van der Waals surface area contributed by atoms with Crippen LogP contribution >= 0.6 is 15.9 Å². The van der Waals surface area contributed by atoms with Crippen molar-refractivity contribution >= 4 is 27.6 Å².